The molecule has 2 unspecified atom stereocenters. The summed E-state index contributed by atoms with van der Waals surface area (Å²) in [5.74, 6) is 1.53. The SMILES string of the molecule is CC(CC(C)(NC1CC1)C(N)=O)SCc1ccco1. The Morgan fingerprint density at radius 3 is 2.95 bits per heavy atom. The van der Waals surface area contributed by atoms with Gasteiger partial charge in [0.1, 0.15) is 5.76 Å². The van der Waals surface area contributed by atoms with Crippen LogP contribution in [0.15, 0.2) is 22.8 Å². The van der Waals surface area contributed by atoms with Crippen molar-refractivity contribution in [1.29, 1.82) is 0 Å². The van der Waals surface area contributed by atoms with Gasteiger partial charge in [-0.3, -0.25) is 4.79 Å². The molecule has 1 saturated carbocycles. The van der Waals surface area contributed by atoms with Crippen molar-refractivity contribution < 1.29 is 9.21 Å². The normalized spacial score (nSPS) is 19.9. The summed E-state index contributed by atoms with van der Waals surface area (Å²) in [7, 11) is 0. The first kappa shape index (κ1) is 14.5. The number of amides is 1. The van der Waals surface area contributed by atoms with Crippen LogP contribution in [-0.2, 0) is 10.5 Å². The summed E-state index contributed by atoms with van der Waals surface area (Å²) in [6.45, 7) is 4.04. The van der Waals surface area contributed by atoms with E-state index in [1.165, 1.54) is 0 Å². The average Bonchev–Trinajstić information content (AvgIpc) is 2.99. The molecule has 1 aliphatic rings. The van der Waals surface area contributed by atoms with Gasteiger partial charge in [0.2, 0.25) is 5.91 Å². The monoisotopic (exact) mass is 282 g/mol. The van der Waals surface area contributed by atoms with Crippen LogP contribution < -0.4 is 11.1 Å². The predicted molar refractivity (Wildman–Crippen MR) is 77.8 cm³/mol. The van der Waals surface area contributed by atoms with Gasteiger partial charge in [-0.25, -0.2) is 0 Å². The average molecular weight is 282 g/mol. The number of primary amides is 1. The zero-order chi connectivity index (χ0) is 13.9. The summed E-state index contributed by atoms with van der Waals surface area (Å²) in [5, 5.41) is 3.72. The highest BCUT2D eigenvalue weighted by molar-refractivity contribution is 7.99. The second-order valence-corrected chi connectivity index (χ2v) is 6.95. The fraction of sp³-hybridized carbons (Fsp3) is 0.643. The van der Waals surface area contributed by atoms with Crippen molar-refractivity contribution >= 4 is 17.7 Å². The molecule has 19 heavy (non-hydrogen) atoms. The molecule has 1 heterocycles. The minimum absolute atomic E-state index is 0.259. The highest BCUT2D eigenvalue weighted by Gasteiger charge is 2.38. The number of thioether (sulfide) groups is 1. The molecule has 0 aliphatic heterocycles. The van der Waals surface area contributed by atoms with Crippen LogP contribution in [0.3, 0.4) is 0 Å². The van der Waals surface area contributed by atoms with Gasteiger partial charge < -0.3 is 15.5 Å². The Balaban J connectivity index is 1.83. The lowest BCUT2D eigenvalue weighted by atomic mass is 9.95. The summed E-state index contributed by atoms with van der Waals surface area (Å²) in [5.41, 5.74) is 4.96. The van der Waals surface area contributed by atoms with Gasteiger partial charge >= 0.3 is 0 Å². The lowest BCUT2D eigenvalue weighted by molar-refractivity contribution is -0.124. The fourth-order valence-corrected chi connectivity index (χ4v) is 3.23. The molecule has 1 aromatic rings. The third-order valence-corrected chi connectivity index (χ3v) is 4.62. The summed E-state index contributed by atoms with van der Waals surface area (Å²) in [6.07, 6.45) is 4.72. The first-order chi connectivity index (χ1) is 8.99. The zero-order valence-electron chi connectivity index (χ0n) is 11.5. The van der Waals surface area contributed by atoms with Crippen LogP contribution in [0.25, 0.3) is 0 Å². The molecule has 4 nitrogen and oxygen atoms in total. The Kier molecular flexibility index (Phi) is 4.58. The molecule has 2 atom stereocenters. The van der Waals surface area contributed by atoms with Gasteiger partial charge in [-0.05, 0) is 38.3 Å². The highest BCUT2D eigenvalue weighted by atomic mass is 32.2. The van der Waals surface area contributed by atoms with E-state index < -0.39 is 5.54 Å². The van der Waals surface area contributed by atoms with Gasteiger partial charge in [-0.2, -0.15) is 11.8 Å². The van der Waals surface area contributed by atoms with Crippen LogP contribution in [0.4, 0.5) is 0 Å². The molecule has 0 aromatic carbocycles. The van der Waals surface area contributed by atoms with Crippen molar-refractivity contribution in [1.82, 2.24) is 5.32 Å². The molecule has 5 heteroatoms. The number of rotatable bonds is 8. The van der Waals surface area contributed by atoms with Gasteiger partial charge in [0.25, 0.3) is 0 Å². The molecule has 1 aromatic heterocycles. The van der Waals surface area contributed by atoms with Crippen molar-refractivity contribution in [2.24, 2.45) is 5.73 Å². The number of nitrogens with two attached hydrogens (primary N) is 1. The minimum Gasteiger partial charge on any atom is -0.468 e. The smallest absolute Gasteiger partial charge is 0.237 e. The van der Waals surface area contributed by atoms with Crippen LogP contribution in [0, 0.1) is 0 Å². The molecule has 0 saturated heterocycles. The number of hydrogen-bond acceptors (Lipinski definition) is 4. The first-order valence-electron chi connectivity index (χ1n) is 6.71. The van der Waals surface area contributed by atoms with E-state index in [0.717, 1.165) is 30.8 Å². The molecule has 2 rings (SSSR count). The molecule has 106 valence electrons. The van der Waals surface area contributed by atoms with Gasteiger partial charge in [0, 0.05) is 11.3 Å². The van der Waals surface area contributed by atoms with Gasteiger partial charge in [-0.15, -0.1) is 0 Å². The summed E-state index contributed by atoms with van der Waals surface area (Å²) < 4.78 is 5.31. The summed E-state index contributed by atoms with van der Waals surface area (Å²) >= 11 is 1.78. The van der Waals surface area contributed by atoms with Crippen molar-refractivity contribution in [3.63, 3.8) is 0 Å². The van der Waals surface area contributed by atoms with E-state index in [-0.39, 0.29) is 5.91 Å². The second kappa shape index (κ2) is 6.01. The zero-order valence-corrected chi connectivity index (χ0v) is 12.3. The van der Waals surface area contributed by atoms with E-state index >= 15 is 0 Å². The maximum absolute atomic E-state index is 11.7. The van der Waals surface area contributed by atoms with E-state index in [1.54, 1.807) is 18.0 Å². The molecule has 3 N–H and O–H groups in total. The molecular weight excluding hydrogens is 260 g/mol. The topological polar surface area (TPSA) is 68.3 Å². The minimum atomic E-state index is -0.600. The van der Waals surface area contributed by atoms with Crippen LogP contribution in [-0.4, -0.2) is 22.7 Å². The van der Waals surface area contributed by atoms with Gasteiger partial charge in [0.15, 0.2) is 0 Å². The van der Waals surface area contributed by atoms with Crippen LogP contribution in [0.5, 0.6) is 0 Å². The van der Waals surface area contributed by atoms with E-state index in [4.69, 9.17) is 10.2 Å². The van der Waals surface area contributed by atoms with Crippen molar-refractivity contribution in [2.45, 2.75) is 55.7 Å². The molecule has 1 amide bonds. The highest BCUT2D eigenvalue weighted by Crippen LogP contribution is 2.29. The molecule has 0 bridgehead atoms. The van der Waals surface area contributed by atoms with Crippen LogP contribution >= 0.6 is 11.8 Å². The van der Waals surface area contributed by atoms with Crippen molar-refractivity contribution in [3.8, 4) is 0 Å². The van der Waals surface area contributed by atoms with Gasteiger partial charge in [0.05, 0.1) is 17.6 Å². The largest absolute Gasteiger partial charge is 0.468 e. The summed E-state index contributed by atoms with van der Waals surface area (Å²) in [6, 6.07) is 4.33. The maximum Gasteiger partial charge on any atom is 0.237 e. The van der Waals surface area contributed by atoms with Crippen LogP contribution in [0.1, 0.15) is 38.9 Å². The number of hydrogen-bond donors (Lipinski definition) is 2. The Bertz CT molecular complexity index is 417. The van der Waals surface area contributed by atoms with E-state index in [2.05, 4.69) is 12.2 Å². The van der Waals surface area contributed by atoms with Crippen molar-refractivity contribution in [3.05, 3.63) is 24.2 Å². The Hall–Kier alpha value is -0.940. The Morgan fingerprint density at radius 2 is 2.42 bits per heavy atom. The molecule has 0 spiro atoms. The molecule has 1 fully saturated rings. The number of nitrogens with one attached hydrogen (secondary N) is 1. The molecule has 0 radical (unpaired) electrons. The fourth-order valence-electron chi connectivity index (χ4n) is 2.16. The first-order valence-corrected chi connectivity index (χ1v) is 7.76. The number of furan rings is 1. The number of carbonyl (C=O) groups excluding carboxylic acids is 1. The molecule has 1 aliphatic carbocycles. The van der Waals surface area contributed by atoms with Gasteiger partial charge in [-0.1, -0.05) is 6.92 Å². The Morgan fingerprint density at radius 1 is 1.68 bits per heavy atom. The molecular formula is C14H22N2O2S. The summed E-state index contributed by atoms with van der Waals surface area (Å²) in [4.78, 5) is 11.7. The Labute approximate surface area is 118 Å². The number of carbonyl (C=O) groups is 1. The van der Waals surface area contributed by atoms with Crippen molar-refractivity contribution in [2.75, 3.05) is 0 Å². The van der Waals surface area contributed by atoms with E-state index in [9.17, 15) is 4.79 Å². The lowest BCUT2D eigenvalue weighted by Crippen LogP contribution is -2.55. The predicted octanol–water partition coefficient (Wildman–Crippen LogP) is 2.29. The van der Waals surface area contributed by atoms with E-state index in [0.29, 0.717) is 11.3 Å². The second-order valence-electron chi connectivity index (χ2n) is 5.52. The quantitative estimate of drug-likeness (QED) is 0.767. The van der Waals surface area contributed by atoms with E-state index in [1.807, 2.05) is 19.1 Å². The third-order valence-electron chi connectivity index (χ3n) is 3.43. The lowest BCUT2D eigenvalue weighted by Gasteiger charge is -2.30. The van der Waals surface area contributed by atoms with Crippen LogP contribution in [0.2, 0.25) is 0 Å². The maximum atomic E-state index is 11.7. The standard InChI is InChI=1S/C14H22N2O2S/c1-10(19-9-12-4-3-7-18-12)8-14(2,13(15)17)16-11-5-6-11/h3-4,7,10-11,16H,5-6,8-9H2,1-2H3,(H2,15,17). The third kappa shape index (κ3) is 4.28.